The van der Waals surface area contributed by atoms with Crippen LogP contribution in [-0.4, -0.2) is 28.9 Å². The van der Waals surface area contributed by atoms with Gasteiger partial charge < -0.3 is 9.64 Å². The molecule has 2 aromatic carbocycles. The summed E-state index contributed by atoms with van der Waals surface area (Å²) in [6.07, 6.45) is 6.35. The lowest BCUT2D eigenvalue weighted by atomic mass is 9.95. The molecule has 4 nitrogen and oxygen atoms in total. The zero-order chi connectivity index (χ0) is 21.6. The van der Waals surface area contributed by atoms with Gasteiger partial charge in [-0.25, -0.2) is 4.79 Å². The first-order valence-corrected chi connectivity index (χ1v) is 11.7. The van der Waals surface area contributed by atoms with E-state index in [1.807, 2.05) is 41.3 Å². The number of carbonyl (C=O) groups excluding carboxylic acids is 2. The van der Waals surface area contributed by atoms with Crippen molar-refractivity contribution in [3.63, 3.8) is 0 Å². The van der Waals surface area contributed by atoms with Crippen molar-refractivity contribution >= 4 is 11.9 Å². The van der Waals surface area contributed by atoms with E-state index in [0.717, 1.165) is 44.1 Å². The van der Waals surface area contributed by atoms with Gasteiger partial charge in [-0.15, -0.1) is 0 Å². The minimum Gasteiger partial charge on any atom is -0.459 e. The topological polar surface area (TPSA) is 46.6 Å². The summed E-state index contributed by atoms with van der Waals surface area (Å²) in [5, 5.41) is 0. The van der Waals surface area contributed by atoms with Gasteiger partial charge >= 0.3 is 5.97 Å². The Morgan fingerprint density at radius 1 is 1.03 bits per heavy atom. The lowest BCUT2D eigenvalue weighted by molar-refractivity contribution is -0.155. The number of hydrogen-bond donors (Lipinski definition) is 0. The molecular weight excluding hydrogens is 386 g/mol. The van der Waals surface area contributed by atoms with Gasteiger partial charge in [-0.05, 0) is 55.1 Å². The van der Waals surface area contributed by atoms with Crippen molar-refractivity contribution in [1.29, 1.82) is 0 Å². The summed E-state index contributed by atoms with van der Waals surface area (Å²) in [6.45, 7) is 2.48. The van der Waals surface area contributed by atoms with Crippen LogP contribution in [-0.2, 0) is 20.9 Å². The average Bonchev–Trinajstić information content (AvgIpc) is 3.40. The molecule has 0 radical (unpaired) electrons. The quantitative estimate of drug-likeness (QED) is 0.533. The number of amides is 1. The maximum Gasteiger partial charge on any atom is 0.329 e. The monoisotopic (exact) mass is 419 g/mol. The van der Waals surface area contributed by atoms with E-state index in [4.69, 9.17) is 4.74 Å². The minimum atomic E-state index is -0.418. The third-order valence-electron chi connectivity index (χ3n) is 7.02. The maximum absolute atomic E-state index is 13.2. The van der Waals surface area contributed by atoms with Crippen LogP contribution in [0.5, 0.6) is 0 Å². The van der Waals surface area contributed by atoms with E-state index in [1.165, 1.54) is 5.56 Å². The van der Waals surface area contributed by atoms with Crippen LogP contribution < -0.4 is 0 Å². The van der Waals surface area contributed by atoms with Gasteiger partial charge in [-0.1, -0.05) is 74.0 Å². The first kappa shape index (κ1) is 21.6. The van der Waals surface area contributed by atoms with Crippen molar-refractivity contribution in [3.8, 4) is 0 Å². The normalized spacial score (nSPS) is 23.4. The van der Waals surface area contributed by atoms with Crippen molar-refractivity contribution in [2.45, 2.75) is 76.5 Å². The van der Waals surface area contributed by atoms with Gasteiger partial charge in [0.25, 0.3) is 0 Å². The molecule has 1 heterocycles. The van der Waals surface area contributed by atoms with Crippen LogP contribution in [0.15, 0.2) is 60.7 Å². The summed E-state index contributed by atoms with van der Waals surface area (Å²) in [4.78, 5) is 28.0. The van der Waals surface area contributed by atoms with Gasteiger partial charge in [0, 0.05) is 12.5 Å². The van der Waals surface area contributed by atoms with Crippen LogP contribution in [0.2, 0.25) is 0 Å². The van der Waals surface area contributed by atoms with Crippen molar-refractivity contribution in [2.75, 3.05) is 0 Å². The molecule has 1 saturated heterocycles. The zero-order valence-corrected chi connectivity index (χ0v) is 18.4. The molecule has 2 aliphatic rings. The lowest BCUT2D eigenvalue weighted by Crippen LogP contribution is -2.45. The molecule has 4 heteroatoms. The first-order chi connectivity index (χ1) is 15.1. The molecule has 164 valence electrons. The van der Waals surface area contributed by atoms with E-state index in [9.17, 15) is 9.59 Å². The molecule has 31 heavy (non-hydrogen) atoms. The summed E-state index contributed by atoms with van der Waals surface area (Å²) in [6, 6.07) is 20.0. The second-order valence-corrected chi connectivity index (χ2v) is 9.11. The maximum atomic E-state index is 13.2. The van der Waals surface area contributed by atoms with Gasteiger partial charge in [0.2, 0.25) is 5.91 Å². The van der Waals surface area contributed by atoms with Crippen LogP contribution in [0.1, 0.15) is 68.9 Å². The zero-order valence-electron chi connectivity index (χ0n) is 18.4. The standard InChI is InChI=1S/C27H33NO3/c1-20(22-13-6-3-7-14-22)10-8-17-26(29)28-24-16-9-15-23(24)18-25(28)27(30)31-19-21-11-4-2-5-12-21/h2-7,11-14,20,23-25H,8-10,15-19H2,1H3/t20?,23-,24-,25-/m0/s1. The summed E-state index contributed by atoms with van der Waals surface area (Å²) < 4.78 is 5.63. The fraction of sp³-hybridized carbons (Fsp3) is 0.481. The average molecular weight is 420 g/mol. The van der Waals surface area contributed by atoms with Crippen LogP contribution in [0.3, 0.4) is 0 Å². The molecule has 0 bridgehead atoms. The van der Waals surface area contributed by atoms with E-state index in [2.05, 4.69) is 31.2 Å². The minimum absolute atomic E-state index is 0.122. The number of carbonyl (C=O) groups is 2. The Morgan fingerprint density at radius 2 is 1.74 bits per heavy atom. The fourth-order valence-corrected chi connectivity index (χ4v) is 5.32. The van der Waals surface area contributed by atoms with Crippen molar-refractivity contribution in [2.24, 2.45) is 5.92 Å². The molecule has 1 aliphatic heterocycles. The molecule has 1 aliphatic carbocycles. The molecule has 1 unspecified atom stereocenters. The van der Waals surface area contributed by atoms with Crippen molar-refractivity contribution < 1.29 is 14.3 Å². The molecule has 1 amide bonds. The molecular formula is C27H33NO3. The number of nitrogens with zero attached hydrogens (tertiary/aromatic N) is 1. The Bertz CT molecular complexity index is 867. The second-order valence-electron chi connectivity index (χ2n) is 9.11. The predicted octanol–water partition coefficient (Wildman–Crippen LogP) is 5.47. The van der Waals surface area contributed by atoms with Gasteiger partial charge in [0.15, 0.2) is 0 Å². The van der Waals surface area contributed by atoms with E-state index >= 15 is 0 Å². The SMILES string of the molecule is CC(CCCC(=O)N1[C@H](C(=O)OCc2ccccc2)C[C@@H]2CCC[C@@H]21)c1ccccc1. The van der Waals surface area contributed by atoms with Crippen molar-refractivity contribution in [1.82, 2.24) is 4.90 Å². The molecule has 1 saturated carbocycles. The number of likely N-dealkylation sites (tertiary alicyclic amines) is 1. The summed E-state index contributed by atoms with van der Waals surface area (Å²) >= 11 is 0. The number of hydrogen-bond acceptors (Lipinski definition) is 3. The van der Waals surface area contributed by atoms with Crippen LogP contribution >= 0.6 is 0 Å². The number of ether oxygens (including phenoxy) is 1. The van der Waals surface area contributed by atoms with E-state index < -0.39 is 6.04 Å². The first-order valence-electron chi connectivity index (χ1n) is 11.7. The highest BCUT2D eigenvalue weighted by Crippen LogP contribution is 2.42. The number of fused-ring (bicyclic) bond motifs is 1. The summed E-state index contributed by atoms with van der Waals surface area (Å²) in [7, 11) is 0. The molecule has 0 spiro atoms. The Labute approximate surface area is 185 Å². The van der Waals surface area contributed by atoms with Crippen LogP contribution in [0, 0.1) is 5.92 Å². The Morgan fingerprint density at radius 3 is 2.48 bits per heavy atom. The van der Waals surface area contributed by atoms with E-state index in [1.54, 1.807) is 0 Å². The summed E-state index contributed by atoms with van der Waals surface area (Å²) in [5.41, 5.74) is 2.29. The number of rotatable bonds is 8. The number of esters is 1. The van der Waals surface area contributed by atoms with E-state index in [0.29, 0.717) is 18.3 Å². The molecule has 4 atom stereocenters. The fourth-order valence-electron chi connectivity index (χ4n) is 5.32. The smallest absolute Gasteiger partial charge is 0.329 e. The summed E-state index contributed by atoms with van der Waals surface area (Å²) in [5.74, 6) is 0.750. The highest BCUT2D eigenvalue weighted by Gasteiger charge is 2.48. The third kappa shape index (κ3) is 5.17. The Balaban J connectivity index is 1.34. The van der Waals surface area contributed by atoms with Gasteiger partial charge in [0.1, 0.15) is 12.6 Å². The molecule has 2 aromatic rings. The van der Waals surface area contributed by atoms with Gasteiger partial charge in [-0.2, -0.15) is 0 Å². The lowest BCUT2D eigenvalue weighted by Gasteiger charge is -2.29. The third-order valence-corrected chi connectivity index (χ3v) is 7.02. The molecule has 2 fully saturated rings. The number of benzene rings is 2. The van der Waals surface area contributed by atoms with Gasteiger partial charge in [0.05, 0.1) is 0 Å². The van der Waals surface area contributed by atoms with Crippen LogP contribution in [0.4, 0.5) is 0 Å². The van der Waals surface area contributed by atoms with Gasteiger partial charge in [-0.3, -0.25) is 4.79 Å². The second kappa shape index (κ2) is 10.1. The largest absolute Gasteiger partial charge is 0.459 e. The van der Waals surface area contributed by atoms with Crippen LogP contribution in [0.25, 0.3) is 0 Å². The predicted molar refractivity (Wildman–Crippen MR) is 121 cm³/mol. The molecule has 0 aromatic heterocycles. The molecule has 4 rings (SSSR count). The highest BCUT2D eigenvalue weighted by atomic mass is 16.5. The highest BCUT2D eigenvalue weighted by molar-refractivity contribution is 5.85. The Hall–Kier alpha value is -2.62. The van der Waals surface area contributed by atoms with Crippen molar-refractivity contribution in [3.05, 3.63) is 71.8 Å². The van der Waals surface area contributed by atoms with E-state index in [-0.39, 0.29) is 24.5 Å². The molecule has 0 N–H and O–H groups in total. The Kier molecular flexibility index (Phi) is 7.06.